The van der Waals surface area contributed by atoms with Crippen LogP contribution < -0.4 is 0 Å². The molecule has 1 unspecified atom stereocenters. The Labute approximate surface area is 128 Å². The van der Waals surface area contributed by atoms with Crippen LogP contribution in [0, 0.1) is 0 Å². The standard InChI is InChI=1S/C15H22BrNO3/c1-15(2,3)20-14(19)17(4)10-9-13(18)11-5-7-12(16)8-6-11/h5-8,13,18H,9-10H2,1-4H3. The summed E-state index contributed by atoms with van der Waals surface area (Å²) in [7, 11) is 1.67. The second-order valence-electron chi connectivity index (χ2n) is 5.76. The van der Waals surface area contributed by atoms with E-state index in [9.17, 15) is 9.90 Å². The first kappa shape index (κ1) is 17.0. The maximum atomic E-state index is 11.8. The zero-order chi connectivity index (χ0) is 15.3. The van der Waals surface area contributed by atoms with Crippen LogP contribution in [0.4, 0.5) is 4.79 Å². The molecular formula is C15H22BrNO3. The van der Waals surface area contributed by atoms with Crippen LogP contribution in [0.2, 0.25) is 0 Å². The molecule has 0 aliphatic carbocycles. The largest absolute Gasteiger partial charge is 0.444 e. The number of rotatable bonds is 4. The van der Waals surface area contributed by atoms with Crippen LogP contribution in [-0.4, -0.2) is 35.3 Å². The quantitative estimate of drug-likeness (QED) is 0.905. The third-order valence-electron chi connectivity index (χ3n) is 2.70. The molecule has 1 amide bonds. The monoisotopic (exact) mass is 343 g/mol. The minimum absolute atomic E-state index is 0.375. The molecule has 0 saturated heterocycles. The van der Waals surface area contributed by atoms with Crippen LogP contribution in [0.25, 0.3) is 0 Å². The van der Waals surface area contributed by atoms with Crippen molar-refractivity contribution in [2.75, 3.05) is 13.6 Å². The number of nitrogens with zero attached hydrogens (tertiary/aromatic N) is 1. The first-order valence-corrected chi connectivity index (χ1v) is 7.36. The van der Waals surface area contributed by atoms with Gasteiger partial charge in [-0.2, -0.15) is 0 Å². The van der Waals surface area contributed by atoms with E-state index in [2.05, 4.69) is 15.9 Å². The number of aliphatic hydroxyl groups excluding tert-OH is 1. The topological polar surface area (TPSA) is 49.8 Å². The lowest BCUT2D eigenvalue weighted by molar-refractivity contribution is 0.0273. The summed E-state index contributed by atoms with van der Waals surface area (Å²) in [5.74, 6) is 0. The molecule has 0 heterocycles. The molecule has 0 bridgehead atoms. The highest BCUT2D eigenvalue weighted by molar-refractivity contribution is 9.10. The summed E-state index contributed by atoms with van der Waals surface area (Å²) in [6, 6.07) is 7.50. The molecule has 0 aliphatic rings. The lowest BCUT2D eigenvalue weighted by Crippen LogP contribution is -2.35. The van der Waals surface area contributed by atoms with Crippen molar-refractivity contribution in [1.82, 2.24) is 4.90 Å². The number of halogens is 1. The molecular weight excluding hydrogens is 322 g/mol. The number of hydrogen-bond acceptors (Lipinski definition) is 3. The van der Waals surface area contributed by atoms with E-state index in [0.717, 1.165) is 10.0 Å². The van der Waals surface area contributed by atoms with Gasteiger partial charge in [0.05, 0.1) is 6.10 Å². The molecule has 0 spiro atoms. The number of benzene rings is 1. The van der Waals surface area contributed by atoms with Crippen molar-refractivity contribution in [3.8, 4) is 0 Å². The highest BCUT2D eigenvalue weighted by Crippen LogP contribution is 2.20. The fourth-order valence-corrected chi connectivity index (χ4v) is 1.86. The maximum absolute atomic E-state index is 11.8. The highest BCUT2D eigenvalue weighted by atomic mass is 79.9. The van der Waals surface area contributed by atoms with Crippen molar-refractivity contribution < 1.29 is 14.6 Å². The third kappa shape index (κ3) is 5.92. The highest BCUT2D eigenvalue weighted by Gasteiger charge is 2.20. The summed E-state index contributed by atoms with van der Waals surface area (Å²) in [6.45, 7) is 5.92. The Bertz CT molecular complexity index is 439. The molecule has 0 aliphatic heterocycles. The van der Waals surface area contributed by atoms with E-state index >= 15 is 0 Å². The fraction of sp³-hybridized carbons (Fsp3) is 0.533. The second-order valence-corrected chi connectivity index (χ2v) is 6.67. The maximum Gasteiger partial charge on any atom is 0.410 e. The Kier molecular flexibility index (Phi) is 6.02. The predicted molar refractivity (Wildman–Crippen MR) is 82.6 cm³/mol. The molecule has 1 atom stereocenters. The van der Waals surface area contributed by atoms with Crippen LogP contribution >= 0.6 is 15.9 Å². The van der Waals surface area contributed by atoms with Gasteiger partial charge in [-0.3, -0.25) is 0 Å². The lowest BCUT2D eigenvalue weighted by atomic mass is 10.1. The first-order chi connectivity index (χ1) is 9.19. The molecule has 1 aromatic carbocycles. The van der Waals surface area contributed by atoms with E-state index in [1.807, 2.05) is 45.0 Å². The van der Waals surface area contributed by atoms with Gasteiger partial charge in [-0.1, -0.05) is 28.1 Å². The fourth-order valence-electron chi connectivity index (χ4n) is 1.60. The Balaban J connectivity index is 2.46. The van der Waals surface area contributed by atoms with Crippen molar-refractivity contribution in [3.63, 3.8) is 0 Å². The van der Waals surface area contributed by atoms with Crippen LogP contribution in [0.5, 0.6) is 0 Å². The van der Waals surface area contributed by atoms with E-state index in [0.29, 0.717) is 13.0 Å². The molecule has 1 aromatic rings. The zero-order valence-corrected chi connectivity index (χ0v) is 14.0. The average Bonchev–Trinajstić information content (AvgIpc) is 2.34. The van der Waals surface area contributed by atoms with Crippen molar-refractivity contribution in [2.24, 2.45) is 0 Å². The van der Waals surface area contributed by atoms with Crippen molar-refractivity contribution in [1.29, 1.82) is 0 Å². The van der Waals surface area contributed by atoms with Gasteiger partial charge in [0.25, 0.3) is 0 Å². The van der Waals surface area contributed by atoms with Gasteiger partial charge in [0.1, 0.15) is 5.60 Å². The lowest BCUT2D eigenvalue weighted by Gasteiger charge is -2.25. The molecule has 0 aromatic heterocycles. The summed E-state index contributed by atoms with van der Waals surface area (Å²) in [5, 5.41) is 10.1. The predicted octanol–water partition coefficient (Wildman–Crippen LogP) is 3.74. The van der Waals surface area contributed by atoms with Gasteiger partial charge in [-0.05, 0) is 44.9 Å². The number of carbonyl (C=O) groups excluding carboxylic acids is 1. The molecule has 0 saturated carbocycles. The summed E-state index contributed by atoms with van der Waals surface area (Å²) in [6.07, 6.45) is -0.495. The second kappa shape index (κ2) is 7.09. The van der Waals surface area contributed by atoms with Crippen molar-refractivity contribution in [2.45, 2.75) is 38.9 Å². The van der Waals surface area contributed by atoms with Gasteiger partial charge in [0.2, 0.25) is 0 Å². The van der Waals surface area contributed by atoms with Crippen LogP contribution in [-0.2, 0) is 4.74 Å². The average molecular weight is 344 g/mol. The summed E-state index contributed by atoms with van der Waals surface area (Å²) in [4.78, 5) is 13.2. The molecule has 0 radical (unpaired) electrons. The Morgan fingerprint density at radius 1 is 1.35 bits per heavy atom. The molecule has 1 N–H and O–H groups in total. The molecule has 20 heavy (non-hydrogen) atoms. The Morgan fingerprint density at radius 3 is 2.40 bits per heavy atom. The van der Waals surface area contributed by atoms with Crippen molar-refractivity contribution in [3.05, 3.63) is 34.3 Å². The Hall–Kier alpha value is -1.07. The number of aliphatic hydroxyl groups is 1. The number of carbonyl (C=O) groups is 1. The van der Waals surface area contributed by atoms with Crippen LogP contribution in [0.15, 0.2) is 28.7 Å². The van der Waals surface area contributed by atoms with Gasteiger partial charge < -0.3 is 14.7 Å². The van der Waals surface area contributed by atoms with E-state index in [1.54, 1.807) is 7.05 Å². The molecule has 112 valence electrons. The van der Waals surface area contributed by atoms with Crippen LogP contribution in [0.1, 0.15) is 38.9 Å². The van der Waals surface area contributed by atoms with Crippen molar-refractivity contribution >= 4 is 22.0 Å². The summed E-state index contributed by atoms with van der Waals surface area (Å²) >= 11 is 3.35. The molecule has 0 fully saturated rings. The normalized spacial score (nSPS) is 12.9. The van der Waals surface area contributed by atoms with Gasteiger partial charge in [0.15, 0.2) is 0 Å². The van der Waals surface area contributed by atoms with Crippen LogP contribution in [0.3, 0.4) is 0 Å². The first-order valence-electron chi connectivity index (χ1n) is 6.56. The van der Waals surface area contributed by atoms with E-state index < -0.39 is 11.7 Å². The molecule has 4 nitrogen and oxygen atoms in total. The van der Waals surface area contributed by atoms with Gasteiger partial charge in [-0.25, -0.2) is 4.79 Å². The summed E-state index contributed by atoms with van der Waals surface area (Å²) < 4.78 is 6.22. The molecule has 1 rings (SSSR count). The van der Waals surface area contributed by atoms with Gasteiger partial charge in [-0.15, -0.1) is 0 Å². The number of hydrogen-bond donors (Lipinski definition) is 1. The van der Waals surface area contributed by atoms with Gasteiger partial charge in [0, 0.05) is 18.1 Å². The molecule has 5 heteroatoms. The Morgan fingerprint density at radius 2 is 1.90 bits per heavy atom. The number of amides is 1. The van der Waals surface area contributed by atoms with E-state index in [-0.39, 0.29) is 6.09 Å². The smallest absolute Gasteiger partial charge is 0.410 e. The minimum Gasteiger partial charge on any atom is -0.444 e. The summed E-state index contributed by atoms with van der Waals surface area (Å²) in [5.41, 5.74) is 0.334. The van der Waals surface area contributed by atoms with Gasteiger partial charge >= 0.3 is 6.09 Å². The SMILES string of the molecule is CN(CCC(O)c1ccc(Br)cc1)C(=O)OC(C)(C)C. The number of ether oxygens (including phenoxy) is 1. The zero-order valence-electron chi connectivity index (χ0n) is 12.4. The van der Waals surface area contributed by atoms with E-state index in [1.165, 1.54) is 4.90 Å². The third-order valence-corrected chi connectivity index (χ3v) is 3.23. The minimum atomic E-state index is -0.590. The van der Waals surface area contributed by atoms with E-state index in [4.69, 9.17) is 4.74 Å².